The number of hydrogen-bond acceptors (Lipinski definition) is 3. The number of Topliss-reactive ketones (excluding diaryl/α,β-unsaturated/α-hetero) is 1. The van der Waals surface area contributed by atoms with Gasteiger partial charge in [0, 0.05) is 0 Å². The standard InChI is InChI=1S/C7H6F2O2S/c1-11-4-2-3-12-6(4)5(10)7(8)9/h2-3,7H,1H3. The molecule has 0 saturated heterocycles. The number of halogens is 2. The Morgan fingerprint density at radius 3 is 2.83 bits per heavy atom. The summed E-state index contributed by atoms with van der Waals surface area (Å²) in [6, 6.07) is 1.49. The van der Waals surface area contributed by atoms with Crippen LogP contribution in [-0.4, -0.2) is 19.3 Å². The lowest BCUT2D eigenvalue weighted by Crippen LogP contribution is -2.09. The quantitative estimate of drug-likeness (QED) is 0.686. The topological polar surface area (TPSA) is 26.3 Å². The van der Waals surface area contributed by atoms with Crippen molar-refractivity contribution < 1.29 is 18.3 Å². The Morgan fingerprint density at radius 2 is 2.33 bits per heavy atom. The minimum Gasteiger partial charge on any atom is -0.495 e. The molecule has 2 nitrogen and oxygen atoms in total. The van der Waals surface area contributed by atoms with Gasteiger partial charge in [0.25, 0.3) is 0 Å². The van der Waals surface area contributed by atoms with E-state index in [9.17, 15) is 13.6 Å². The molecular weight excluding hydrogens is 186 g/mol. The maximum Gasteiger partial charge on any atom is 0.301 e. The van der Waals surface area contributed by atoms with Crippen molar-refractivity contribution in [1.82, 2.24) is 0 Å². The van der Waals surface area contributed by atoms with E-state index < -0.39 is 12.2 Å². The molecule has 0 aliphatic rings. The van der Waals surface area contributed by atoms with Crippen LogP contribution < -0.4 is 4.74 Å². The minimum atomic E-state index is -2.96. The molecule has 0 fully saturated rings. The maximum atomic E-state index is 11.9. The van der Waals surface area contributed by atoms with E-state index in [4.69, 9.17) is 4.74 Å². The Kier molecular flexibility index (Phi) is 2.75. The van der Waals surface area contributed by atoms with Crippen LogP contribution in [0.2, 0.25) is 0 Å². The van der Waals surface area contributed by atoms with E-state index in [1.165, 1.54) is 18.6 Å². The summed E-state index contributed by atoms with van der Waals surface area (Å²) in [4.78, 5) is 10.7. The monoisotopic (exact) mass is 192 g/mol. The lowest BCUT2D eigenvalue weighted by atomic mass is 10.3. The molecule has 1 aromatic rings. The average Bonchev–Trinajstić information content (AvgIpc) is 2.49. The van der Waals surface area contributed by atoms with Gasteiger partial charge in [-0.3, -0.25) is 4.79 Å². The van der Waals surface area contributed by atoms with Gasteiger partial charge >= 0.3 is 6.43 Å². The van der Waals surface area contributed by atoms with Crippen LogP contribution in [0.3, 0.4) is 0 Å². The number of ketones is 1. The zero-order valence-electron chi connectivity index (χ0n) is 6.21. The van der Waals surface area contributed by atoms with Crippen LogP contribution in [0.1, 0.15) is 9.67 Å². The number of thiophene rings is 1. The van der Waals surface area contributed by atoms with Gasteiger partial charge in [0.2, 0.25) is 5.78 Å². The van der Waals surface area contributed by atoms with Crippen molar-refractivity contribution in [3.63, 3.8) is 0 Å². The molecular formula is C7H6F2O2S. The smallest absolute Gasteiger partial charge is 0.301 e. The summed E-state index contributed by atoms with van der Waals surface area (Å²) in [6.07, 6.45) is -2.96. The van der Waals surface area contributed by atoms with E-state index in [0.717, 1.165) is 11.3 Å². The average molecular weight is 192 g/mol. The third-order valence-corrected chi connectivity index (χ3v) is 2.18. The molecule has 1 heterocycles. The van der Waals surface area contributed by atoms with Gasteiger partial charge in [-0.2, -0.15) is 0 Å². The number of carbonyl (C=O) groups excluding carboxylic acids is 1. The van der Waals surface area contributed by atoms with Crippen LogP contribution in [0.25, 0.3) is 0 Å². The molecule has 0 radical (unpaired) electrons. The predicted molar refractivity (Wildman–Crippen MR) is 41.2 cm³/mol. The first kappa shape index (κ1) is 9.12. The summed E-state index contributed by atoms with van der Waals surface area (Å²) in [5.41, 5.74) is 0. The summed E-state index contributed by atoms with van der Waals surface area (Å²) >= 11 is 0.956. The molecule has 1 rings (SSSR count). The number of carbonyl (C=O) groups is 1. The second kappa shape index (κ2) is 3.62. The highest BCUT2D eigenvalue weighted by Gasteiger charge is 2.22. The van der Waals surface area contributed by atoms with Crippen LogP contribution >= 0.6 is 11.3 Å². The van der Waals surface area contributed by atoms with E-state index in [1.807, 2.05) is 0 Å². The second-order valence-corrected chi connectivity index (χ2v) is 2.90. The predicted octanol–water partition coefficient (Wildman–Crippen LogP) is 2.20. The summed E-state index contributed by atoms with van der Waals surface area (Å²) in [7, 11) is 1.34. The zero-order chi connectivity index (χ0) is 9.14. The molecule has 0 bridgehead atoms. The van der Waals surface area contributed by atoms with Crippen LogP contribution in [0.5, 0.6) is 5.75 Å². The minimum absolute atomic E-state index is 0.0208. The first-order valence-electron chi connectivity index (χ1n) is 3.10. The lowest BCUT2D eigenvalue weighted by Gasteiger charge is -1.99. The second-order valence-electron chi connectivity index (χ2n) is 1.98. The number of alkyl halides is 2. The number of ether oxygens (including phenoxy) is 1. The molecule has 0 unspecified atom stereocenters. The van der Waals surface area contributed by atoms with Crippen molar-refractivity contribution in [2.24, 2.45) is 0 Å². The van der Waals surface area contributed by atoms with Gasteiger partial charge in [0.1, 0.15) is 10.6 Å². The van der Waals surface area contributed by atoms with Crippen molar-refractivity contribution in [2.45, 2.75) is 6.43 Å². The van der Waals surface area contributed by atoms with Gasteiger partial charge in [0.05, 0.1) is 7.11 Å². The fourth-order valence-corrected chi connectivity index (χ4v) is 1.54. The molecule has 0 saturated carbocycles. The molecule has 0 amide bonds. The summed E-state index contributed by atoms with van der Waals surface area (Å²) in [6.45, 7) is 0. The summed E-state index contributed by atoms with van der Waals surface area (Å²) in [5, 5.41) is 1.54. The Hall–Kier alpha value is -0.970. The highest BCUT2D eigenvalue weighted by atomic mass is 32.1. The molecule has 66 valence electrons. The Morgan fingerprint density at radius 1 is 1.67 bits per heavy atom. The van der Waals surface area contributed by atoms with Gasteiger partial charge in [-0.15, -0.1) is 11.3 Å². The van der Waals surface area contributed by atoms with Crippen LogP contribution in [0, 0.1) is 0 Å². The van der Waals surface area contributed by atoms with E-state index in [2.05, 4.69) is 0 Å². The van der Waals surface area contributed by atoms with Gasteiger partial charge in [-0.1, -0.05) is 0 Å². The first-order chi connectivity index (χ1) is 5.66. The third kappa shape index (κ3) is 1.61. The Bertz CT molecular complexity index is 283. The Balaban J connectivity index is 2.94. The van der Waals surface area contributed by atoms with Crippen LogP contribution in [-0.2, 0) is 0 Å². The molecule has 5 heteroatoms. The van der Waals surface area contributed by atoms with Crippen LogP contribution in [0.4, 0.5) is 8.78 Å². The van der Waals surface area contributed by atoms with Gasteiger partial charge < -0.3 is 4.74 Å². The van der Waals surface area contributed by atoms with Gasteiger partial charge in [0.15, 0.2) is 0 Å². The lowest BCUT2D eigenvalue weighted by molar-refractivity contribution is 0.0680. The zero-order valence-corrected chi connectivity index (χ0v) is 7.03. The van der Waals surface area contributed by atoms with E-state index in [0.29, 0.717) is 0 Å². The molecule has 0 aliphatic carbocycles. The molecule has 1 aromatic heterocycles. The van der Waals surface area contributed by atoms with Crippen molar-refractivity contribution in [1.29, 1.82) is 0 Å². The van der Waals surface area contributed by atoms with Crippen molar-refractivity contribution in [2.75, 3.05) is 7.11 Å². The SMILES string of the molecule is COc1ccsc1C(=O)C(F)F. The van der Waals surface area contributed by atoms with E-state index >= 15 is 0 Å². The highest BCUT2D eigenvalue weighted by Crippen LogP contribution is 2.26. The molecule has 0 aromatic carbocycles. The summed E-state index contributed by atoms with van der Waals surface area (Å²) in [5.74, 6) is -0.966. The van der Waals surface area contributed by atoms with E-state index in [-0.39, 0.29) is 10.6 Å². The molecule has 0 aliphatic heterocycles. The number of methoxy groups -OCH3 is 1. The molecule has 0 atom stereocenters. The maximum absolute atomic E-state index is 11.9. The number of rotatable bonds is 3. The van der Waals surface area contributed by atoms with Crippen molar-refractivity contribution >= 4 is 17.1 Å². The Labute approximate surface area is 71.8 Å². The summed E-state index contributed by atoms with van der Waals surface area (Å²) < 4.78 is 28.5. The molecule has 12 heavy (non-hydrogen) atoms. The molecule has 0 N–H and O–H groups in total. The van der Waals surface area contributed by atoms with Crippen LogP contribution in [0.15, 0.2) is 11.4 Å². The largest absolute Gasteiger partial charge is 0.495 e. The fraction of sp³-hybridized carbons (Fsp3) is 0.286. The molecule has 0 spiro atoms. The third-order valence-electron chi connectivity index (χ3n) is 1.27. The van der Waals surface area contributed by atoms with Crippen molar-refractivity contribution in [3.8, 4) is 5.75 Å². The van der Waals surface area contributed by atoms with Gasteiger partial charge in [-0.25, -0.2) is 8.78 Å². The number of hydrogen-bond donors (Lipinski definition) is 0. The first-order valence-corrected chi connectivity index (χ1v) is 3.98. The fourth-order valence-electron chi connectivity index (χ4n) is 0.737. The van der Waals surface area contributed by atoms with Gasteiger partial charge in [-0.05, 0) is 11.4 Å². The highest BCUT2D eigenvalue weighted by molar-refractivity contribution is 7.12. The van der Waals surface area contributed by atoms with Crippen molar-refractivity contribution in [3.05, 3.63) is 16.3 Å². The normalized spacial score (nSPS) is 10.3. The van der Waals surface area contributed by atoms with E-state index in [1.54, 1.807) is 0 Å².